The number of aryl methyl sites for hydroxylation is 1. The molecule has 2 N–H and O–H groups in total. The standard InChI is InChI=1S/C37H36F3N5O2/c1-26-34(43-35(41-26)28-14-16-29(17-15-28)37(38,39)40)25-44-22-20-31(21-23-44)45(36(46)42-30-8-4-2-5-9-30)24-27-12-18-33(19-13-27)47-32-10-6-3-7-11-32/h2-19,31H,20-25H2,1H3,(H,41,43)(H,42,46). The molecule has 0 bridgehead atoms. The number of anilines is 1. The average molecular weight is 640 g/mol. The van der Waals surface area contributed by atoms with Crippen LogP contribution in [0.15, 0.2) is 109 Å². The fourth-order valence-electron chi connectivity index (χ4n) is 5.77. The number of piperidine rings is 1. The molecule has 6 rings (SSSR count). The van der Waals surface area contributed by atoms with Crippen molar-refractivity contribution in [2.75, 3.05) is 18.4 Å². The summed E-state index contributed by atoms with van der Waals surface area (Å²) >= 11 is 0. The van der Waals surface area contributed by atoms with Crippen LogP contribution in [-0.4, -0.2) is 44.9 Å². The summed E-state index contributed by atoms with van der Waals surface area (Å²) in [6, 6.07) is 31.8. The third-order valence-corrected chi connectivity index (χ3v) is 8.38. The van der Waals surface area contributed by atoms with Crippen molar-refractivity contribution in [1.82, 2.24) is 19.8 Å². The molecule has 1 aromatic heterocycles. The van der Waals surface area contributed by atoms with E-state index in [1.807, 2.05) is 96.8 Å². The number of amides is 2. The molecule has 2 heterocycles. The van der Waals surface area contributed by atoms with Crippen molar-refractivity contribution in [3.63, 3.8) is 0 Å². The van der Waals surface area contributed by atoms with Gasteiger partial charge in [-0.2, -0.15) is 13.2 Å². The number of likely N-dealkylation sites (tertiary alicyclic amines) is 1. The van der Waals surface area contributed by atoms with Crippen molar-refractivity contribution in [2.24, 2.45) is 0 Å². The second kappa shape index (κ2) is 14.1. The van der Waals surface area contributed by atoms with Gasteiger partial charge in [0.2, 0.25) is 0 Å². The number of urea groups is 1. The first-order valence-corrected chi connectivity index (χ1v) is 15.6. The Labute approximate surface area is 272 Å². The van der Waals surface area contributed by atoms with Gasteiger partial charge in [-0.1, -0.05) is 60.7 Å². The van der Waals surface area contributed by atoms with Gasteiger partial charge >= 0.3 is 12.2 Å². The summed E-state index contributed by atoms with van der Waals surface area (Å²) in [5, 5.41) is 3.06. The molecule has 1 fully saturated rings. The third-order valence-electron chi connectivity index (χ3n) is 8.38. The molecule has 0 unspecified atom stereocenters. The number of carbonyl (C=O) groups is 1. The van der Waals surface area contributed by atoms with Crippen LogP contribution in [0.3, 0.4) is 0 Å². The molecule has 2 amide bonds. The van der Waals surface area contributed by atoms with E-state index in [9.17, 15) is 18.0 Å². The van der Waals surface area contributed by atoms with E-state index in [-0.39, 0.29) is 12.1 Å². The van der Waals surface area contributed by atoms with Crippen LogP contribution < -0.4 is 10.1 Å². The molecule has 7 nitrogen and oxygen atoms in total. The van der Waals surface area contributed by atoms with E-state index in [1.165, 1.54) is 12.1 Å². The molecular weight excluding hydrogens is 603 g/mol. The van der Waals surface area contributed by atoms with E-state index >= 15 is 0 Å². The van der Waals surface area contributed by atoms with Gasteiger partial charge < -0.3 is 19.9 Å². The lowest BCUT2D eigenvalue weighted by atomic mass is 10.0. The lowest BCUT2D eigenvalue weighted by molar-refractivity contribution is -0.137. The molecule has 1 aliphatic heterocycles. The van der Waals surface area contributed by atoms with Gasteiger partial charge in [0, 0.05) is 49.2 Å². The average Bonchev–Trinajstić information content (AvgIpc) is 3.45. The number of hydrogen-bond donors (Lipinski definition) is 2. The number of nitrogens with zero attached hydrogens (tertiary/aromatic N) is 3. The molecular formula is C37H36F3N5O2. The Hall–Kier alpha value is -5.09. The molecule has 10 heteroatoms. The van der Waals surface area contributed by atoms with E-state index in [1.54, 1.807) is 0 Å². The Morgan fingerprint density at radius 3 is 2.15 bits per heavy atom. The highest BCUT2D eigenvalue weighted by Gasteiger charge is 2.31. The smallest absolute Gasteiger partial charge is 0.416 e. The zero-order chi connectivity index (χ0) is 32.8. The summed E-state index contributed by atoms with van der Waals surface area (Å²) in [6.07, 6.45) is -2.81. The number of halogens is 3. The topological polar surface area (TPSA) is 73.5 Å². The van der Waals surface area contributed by atoms with E-state index in [4.69, 9.17) is 9.72 Å². The van der Waals surface area contributed by atoms with Gasteiger partial charge in [0.05, 0.1) is 11.3 Å². The molecule has 4 aromatic carbocycles. The summed E-state index contributed by atoms with van der Waals surface area (Å²) < 4.78 is 45.0. The lowest BCUT2D eigenvalue weighted by Crippen LogP contribution is -2.48. The molecule has 5 aromatic rings. The maximum absolute atomic E-state index is 13.7. The van der Waals surface area contributed by atoms with E-state index in [0.717, 1.165) is 72.2 Å². The number of ether oxygens (including phenoxy) is 1. The van der Waals surface area contributed by atoms with Crippen LogP contribution in [-0.2, 0) is 19.3 Å². The summed E-state index contributed by atoms with van der Waals surface area (Å²) in [5.74, 6) is 2.03. The lowest BCUT2D eigenvalue weighted by Gasteiger charge is -2.38. The predicted molar refractivity (Wildman–Crippen MR) is 176 cm³/mol. The number of imidazole rings is 1. The number of H-pyrrole nitrogens is 1. The third kappa shape index (κ3) is 8.20. The van der Waals surface area contributed by atoms with E-state index in [0.29, 0.717) is 24.5 Å². The number of aromatic nitrogens is 2. The van der Waals surface area contributed by atoms with Crippen LogP contribution in [0, 0.1) is 6.92 Å². The Kier molecular flexibility index (Phi) is 9.58. The predicted octanol–water partition coefficient (Wildman–Crippen LogP) is 8.89. The minimum Gasteiger partial charge on any atom is -0.457 e. The van der Waals surface area contributed by atoms with Gasteiger partial charge in [0.1, 0.15) is 17.3 Å². The van der Waals surface area contributed by atoms with Crippen molar-refractivity contribution in [3.05, 3.63) is 132 Å². The molecule has 1 aliphatic rings. The van der Waals surface area contributed by atoms with Crippen LogP contribution in [0.4, 0.5) is 23.7 Å². The summed E-state index contributed by atoms with van der Waals surface area (Å²) in [7, 11) is 0. The second-order valence-corrected chi connectivity index (χ2v) is 11.7. The number of aromatic amines is 1. The molecule has 47 heavy (non-hydrogen) atoms. The number of carbonyl (C=O) groups excluding carboxylic acids is 1. The summed E-state index contributed by atoms with van der Waals surface area (Å²) in [4.78, 5) is 25.8. The minimum atomic E-state index is -4.38. The normalized spacial score (nSPS) is 14.1. The van der Waals surface area contributed by atoms with Crippen LogP contribution in [0.1, 0.15) is 35.4 Å². The van der Waals surface area contributed by atoms with E-state index in [2.05, 4.69) is 15.2 Å². The first-order valence-electron chi connectivity index (χ1n) is 15.6. The summed E-state index contributed by atoms with van der Waals surface area (Å²) in [6.45, 7) is 4.52. The first-order chi connectivity index (χ1) is 22.7. The van der Waals surface area contributed by atoms with Crippen LogP contribution in [0.2, 0.25) is 0 Å². The monoisotopic (exact) mass is 639 g/mol. The molecule has 0 spiro atoms. The van der Waals surface area contributed by atoms with Gasteiger partial charge in [-0.15, -0.1) is 0 Å². The fraction of sp³-hybridized carbons (Fsp3) is 0.243. The first kappa shape index (κ1) is 31.9. The number of alkyl halides is 3. The SMILES string of the molecule is Cc1[nH]c(-c2ccc(C(F)(F)F)cc2)nc1CN1CCC(N(Cc2ccc(Oc3ccccc3)cc2)C(=O)Nc2ccccc2)CC1. The number of para-hydroxylation sites is 2. The minimum absolute atomic E-state index is 0.0261. The zero-order valence-electron chi connectivity index (χ0n) is 26.0. The molecule has 0 saturated carbocycles. The number of hydrogen-bond acceptors (Lipinski definition) is 4. The van der Waals surface area contributed by atoms with Crippen molar-refractivity contribution >= 4 is 11.7 Å². The molecule has 1 saturated heterocycles. The largest absolute Gasteiger partial charge is 0.457 e. The Balaban J connectivity index is 1.11. The molecule has 0 atom stereocenters. The number of nitrogens with one attached hydrogen (secondary N) is 2. The van der Waals surface area contributed by atoms with Gasteiger partial charge in [-0.3, -0.25) is 4.90 Å². The second-order valence-electron chi connectivity index (χ2n) is 11.7. The number of benzene rings is 4. The molecule has 242 valence electrons. The highest BCUT2D eigenvalue weighted by atomic mass is 19.4. The Morgan fingerprint density at radius 1 is 0.894 bits per heavy atom. The summed E-state index contributed by atoms with van der Waals surface area (Å²) in [5.41, 5.74) is 3.39. The fourth-order valence-corrected chi connectivity index (χ4v) is 5.77. The molecule has 0 aliphatic carbocycles. The Bertz CT molecular complexity index is 1750. The van der Waals surface area contributed by atoms with Crippen molar-refractivity contribution < 1.29 is 22.7 Å². The van der Waals surface area contributed by atoms with E-state index < -0.39 is 11.7 Å². The van der Waals surface area contributed by atoms with Gasteiger partial charge in [-0.25, -0.2) is 9.78 Å². The number of rotatable bonds is 9. The van der Waals surface area contributed by atoms with Crippen molar-refractivity contribution in [3.8, 4) is 22.9 Å². The Morgan fingerprint density at radius 2 is 1.51 bits per heavy atom. The van der Waals surface area contributed by atoms with Crippen LogP contribution >= 0.6 is 0 Å². The van der Waals surface area contributed by atoms with Crippen molar-refractivity contribution in [1.29, 1.82) is 0 Å². The maximum Gasteiger partial charge on any atom is 0.416 e. The van der Waals surface area contributed by atoms with Crippen LogP contribution in [0.5, 0.6) is 11.5 Å². The quantitative estimate of drug-likeness (QED) is 0.169. The zero-order valence-corrected chi connectivity index (χ0v) is 26.0. The van der Waals surface area contributed by atoms with Gasteiger partial charge in [0.15, 0.2) is 0 Å². The van der Waals surface area contributed by atoms with Crippen LogP contribution in [0.25, 0.3) is 11.4 Å². The highest BCUT2D eigenvalue weighted by Crippen LogP contribution is 2.31. The van der Waals surface area contributed by atoms with Crippen molar-refractivity contribution in [2.45, 2.75) is 45.1 Å². The van der Waals surface area contributed by atoms with Gasteiger partial charge in [-0.05, 0) is 73.9 Å². The van der Waals surface area contributed by atoms with Gasteiger partial charge in [0.25, 0.3) is 0 Å². The maximum atomic E-state index is 13.7. The molecule has 0 radical (unpaired) electrons. The highest BCUT2D eigenvalue weighted by molar-refractivity contribution is 5.89.